The van der Waals surface area contributed by atoms with Gasteiger partial charge < -0.3 is 5.11 Å². The van der Waals surface area contributed by atoms with E-state index in [0.29, 0.717) is 0 Å². The Bertz CT molecular complexity index is 683. The van der Waals surface area contributed by atoms with Gasteiger partial charge in [0, 0.05) is 21.9 Å². The predicted molar refractivity (Wildman–Crippen MR) is 79.7 cm³/mol. The van der Waals surface area contributed by atoms with E-state index in [9.17, 15) is 14.9 Å². The van der Waals surface area contributed by atoms with Gasteiger partial charge in [0.05, 0.1) is 11.3 Å². The molecule has 0 heterocycles. The fourth-order valence-corrected chi connectivity index (χ4v) is 2.78. The van der Waals surface area contributed by atoms with Crippen LogP contribution in [0, 0.1) is 17.0 Å². The maximum atomic E-state index is 10.7. The van der Waals surface area contributed by atoms with Crippen molar-refractivity contribution in [3.8, 4) is 0 Å². The summed E-state index contributed by atoms with van der Waals surface area (Å²) in [5.74, 6) is -0.853. The first-order valence-corrected chi connectivity index (χ1v) is 7.01. The first kappa shape index (κ1) is 15.1. The van der Waals surface area contributed by atoms with Crippen LogP contribution in [0.1, 0.15) is 11.1 Å². The van der Waals surface area contributed by atoms with E-state index in [2.05, 4.69) is 0 Å². The van der Waals surface area contributed by atoms with Gasteiger partial charge in [-0.25, -0.2) is 0 Å². The van der Waals surface area contributed by atoms with Gasteiger partial charge in [-0.05, 0) is 42.3 Å². The van der Waals surface area contributed by atoms with E-state index in [0.717, 1.165) is 20.9 Å². The van der Waals surface area contributed by atoms with Crippen molar-refractivity contribution in [1.29, 1.82) is 0 Å². The zero-order valence-electron chi connectivity index (χ0n) is 11.3. The molecule has 5 nitrogen and oxygen atoms in total. The number of carboxylic acid groups (broad SMARTS) is 1. The average Bonchev–Trinajstić information content (AvgIpc) is 2.42. The van der Waals surface area contributed by atoms with Crippen molar-refractivity contribution >= 4 is 23.4 Å². The monoisotopic (exact) mass is 303 g/mol. The lowest BCUT2D eigenvalue weighted by molar-refractivity contribution is -0.384. The first-order chi connectivity index (χ1) is 9.95. The molecule has 108 valence electrons. The van der Waals surface area contributed by atoms with Crippen LogP contribution in [0.25, 0.3) is 0 Å². The van der Waals surface area contributed by atoms with Crippen molar-refractivity contribution in [2.75, 3.05) is 0 Å². The van der Waals surface area contributed by atoms with Gasteiger partial charge >= 0.3 is 5.97 Å². The molecule has 1 N–H and O–H groups in total. The minimum absolute atomic E-state index is 0.00825. The molecule has 0 saturated carbocycles. The van der Waals surface area contributed by atoms with Crippen LogP contribution in [0.15, 0.2) is 52.3 Å². The number of nitro groups is 1. The molecular weight excluding hydrogens is 290 g/mol. The van der Waals surface area contributed by atoms with Crippen LogP contribution in [-0.4, -0.2) is 16.0 Å². The van der Waals surface area contributed by atoms with Crippen molar-refractivity contribution in [1.82, 2.24) is 0 Å². The van der Waals surface area contributed by atoms with E-state index >= 15 is 0 Å². The number of benzene rings is 2. The highest BCUT2D eigenvalue weighted by Crippen LogP contribution is 2.30. The summed E-state index contributed by atoms with van der Waals surface area (Å²) in [4.78, 5) is 22.7. The summed E-state index contributed by atoms with van der Waals surface area (Å²) < 4.78 is 0. The van der Waals surface area contributed by atoms with E-state index < -0.39 is 10.9 Å². The summed E-state index contributed by atoms with van der Waals surface area (Å²) >= 11 is 1.48. The van der Waals surface area contributed by atoms with Gasteiger partial charge in [-0.15, -0.1) is 0 Å². The molecule has 0 aliphatic rings. The molecule has 0 fully saturated rings. The van der Waals surface area contributed by atoms with Gasteiger partial charge in [0.2, 0.25) is 0 Å². The third kappa shape index (κ3) is 4.06. The number of rotatable bonds is 5. The Balaban J connectivity index is 2.14. The standard InChI is InChI=1S/C15H13NO4S/c1-10-8-14(5-2-11(10)9-15(17)18)21-13-6-3-12(4-7-13)16(19)20/h2-8H,9H2,1H3,(H,17,18). The molecule has 0 unspecified atom stereocenters. The third-order valence-corrected chi connectivity index (χ3v) is 3.94. The topological polar surface area (TPSA) is 80.4 Å². The molecule has 0 radical (unpaired) electrons. The van der Waals surface area contributed by atoms with Crippen molar-refractivity contribution in [3.63, 3.8) is 0 Å². The zero-order valence-corrected chi connectivity index (χ0v) is 12.1. The van der Waals surface area contributed by atoms with Crippen molar-refractivity contribution < 1.29 is 14.8 Å². The highest BCUT2D eigenvalue weighted by molar-refractivity contribution is 7.99. The molecule has 2 rings (SSSR count). The molecule has 0 aromatic heterocycles. The summed E-state index contributed by atoms with van der Waals surface area (Å²) in [6.45, 7) is 1.87. The lowest BCUT2D eigenvalue weighted by Gasteiger charge is -2.07. The number of hydrogen-bond acceptors (Lipinski definition) is 4. The second-order valence-corrected chi connectivity index (χ2v) is 5.66. The quantitative estimate of drug-likeness (QED) is 0.673. The summed E-state index contributed by atoms with van der Waals surface area (Å²) in [5.41, 5.74) is 1.77. The SMILES string of the molecule is Cc1cc(Sc2ccc([N+](=O)[O-])cc2)ccc1CC(=O)O. The average molecular weight is 303 g/mol. The molecule has 0 atom stereocenters. The number of non-ortho nitro benzene ring substituents is 1. The molecule has 2 aromatic carbocycles. The van der Waals surface area contributed by atoms with Gasteiger partial charge in [0.15, 0.2) is 0 Å². The van der Waals surface area contributed by atoms with Gasteiger partial charge in [0.1, 0.15) is 0 Å². The van der Waals surface area contributed by atoms with Crippen LogP contribution in [0.3, 0.4) is 0 Å². The molecule has 0 aliphatic carbocycles. The van der Waals surface area contributed by atoms with Gasteiger partial charge in [-0.1, -0.05) is 17.8 Å². The molecule has 0 aliphatic heterocycles. The highest BCUT2D eigenvalue weighted by Gasteiger charge is 2.07. The molecule has 2 aromatic rings. The smallest absolute Gasteiger partial charge is 0.307 e. The fourth-order valence-electron chi connectivity index (χ4n) is 1.87. The number of nitrogens with zero attached hydrogens (tertiary/aromatic N) is 1. The second kappa shape index (κ2) is 6.41. The Morgan fingerprint density at radius 3 is 2.33 bits per heavy atom. The van der Waals surface area contributed by atoms with Crippen LogP contribution in [0.2, 0.25) is 0 Å². The van der Waals surface area contributed by atoms with E-state index in [1.165, 1.54) is 23.9 Å². The molecular formula is C15H13NO4S. The predicted octanol–water partition coefficient (Wildman–Crippen LogP) is 3.68. The van der Waals surface area contributed by atoms with Gasteiger partial charge in [-0.3, -0.25) is 14.9 Å². The Kier molecular flexibility index (Phi) is 4.59. The maximum Gasteiger partial charge on any atom is 0.307 e. The van der Waals surface area contributed by atoms with Crippen molar-refractivity contribution in [2.45, 2.75) is 23.1 Å². The fraction of sp³-hybridized carbons (Fsp3) is 0.133. The number of aliphatic carboxylic acids is 1. The van der Waals surface area contributed by atoms with E-state index in [1.54, 1.807) is 18.2 Å². The summed E-state index contributed by atoms with van der Waals surface area (Å²) in [6, 6.07) is 11.9. The molecule has 0 spiro atoms. The van der Waals surface area contributed by atoms with Crippen LogP contribution >= 0.6 is 11.8 Å². The first-order valence-electron chi connectivity index (χ1n) is 6.19. The molecule has 0 bridgehead atoms. The number of nitro benzene ring substituents is 1. The van der Waals surface area contributed by atoms with E-state index in [-0.39, 0.29) is 12.1 Å². The van der Waals surface area contributed by atoms with Crippen LogP contribution in [0.4, 0.5) is 5.69 Å². The largest absolute Gasteiger partial charge is 0.481 e. The normalized spacial score (nSPS) is 10.3. The summed E-state index contributed by atoms with van der Waals surface area (Å²) in [6.07, 6.45) is 0.00825. The van der Waals surface area contributed by atoms with Gasteiger partial charge in [0.25, 0.3) is 5.69 Å². The molecule has 21 heavy (non-hydrogen) atoms. The number of aryl methyl sites for hydroxylation is 1. The van der Waals surface area contributed by atoms with Crippen molar-refractivity contribution in [3.05, 3.63) is 63.7 Å². The Hall–Kier alpha value is -2.34. The lowest BCUT2D eigenvalue weighted by Crippen LogP contribution is -2.01. The van der Waals surface area contributed by atoms with Crippen LogP contribution < -0.4 is 0 Å². The van der Waals surface area contributed by atoms with Crippen molar-refractivity contribution in [2.24, 2.45) is 0 Å². The minimum Gasteiger partial charge on any atom is -0.481 e. The maximum absolute atomic E-state index is 10.7. The lowest BCUT2D eigenvalue weighted by atomic mass is 10.1. The Morgan fingerprint density at radius 1 is 1.19 bits per heavy atom. The Labute approximate surface area is 125 Å². The minimum atomic E-state index is -0.853. The number of carbonyl (C=O) groups is 1. The molecule has 0 amide bonds. The zero-order chi connectivity index (χ0) is 15.4. The Morgan fingerprint density at radius 2 is 1.81 bits per heavy atom. The van der Waals surface area contributed by atoms with Crippen LogP contribution in [0.5, 0.6) is 0 Å². The molecule has 0 saturated heterocycles. The number of hydrogen-bond donors (Lipinski definition) is 1. The highest BCUT2D eigenvalue weighted by atomic mass is 32.2. The molecule has 6 heteroatoms. The second-order valence-electron chi connectivity index (χ2n) is 4.51. The third-order valence-electron chi connectivity index (χ3n) is 2.94. The van der Waals surface area contributed by atoms with E-state index in [4.69, 9.17) is 5.11 Å². The van der Waals surface area contributed by atoms with Crippen LogP contribution in [-0.2, 0) is 11.2 Å². The van der Waals surface area contributed by atoms with E-state index in [1.807, 2.05) is 19.1 Å². The summed E-state index contributed by atoms with van der Waals surface area (Å²) in [7, 11) is 0. The van der Waals surface area contributed by atoms with Gasteiger partial charge in [-0.2, -0.15) is 0 Å². The number of carboxylic acids is 1. The summed E-state index contributed by atoms with van der Waals surface area (Å²) in [5, 5.41) is 19.4.